The van der Waals surface area contributed by atoms with Crippen molar-refractivity contribution in [1.29, 1.82) is 0 Å². The third-order valence-electron chi connectivity index (χ3n) is 5.73. The fourth-order valence-electron chi connectivity index (χ4n) is 3.90. The number of carbonyl (C=O) groups excluding carboxylic acids is 1. The van der Waals surface area contributed by atoms with Crippen LogP contribution in [-0.2, 0) is 14.8 Å². The Balaban J connectivity index is 1.58. The number of carboxylic acids is 1. The molecular formula is C23H27N7O5S. The van der Waals surface area contributed by atoms with Crippen LogP contribution in [0, 0.1) is 0 Å². The van der Waals surface area contributed by atoms with E-state index in [-0.39, 0.29) is 16.9 Å². The number of aromatic amines is 1. The van der Waals surface area contributed by atoms with Crippen molar-refractivity contribution in [2.45, 2.75) is 29.8 Å². The Bertz CT molecular complexity index is 1370. The van der Waals surface area contributed by atoms with Gasteiger partial charge in [-0.1, -0.05) is 24.3 Å². The quantitative estimate of drug-likeness (QED) is 0.161. The number of carboxylic acid groups (broad SMARTS) is 1. The predicted molar refractivity (Wildman–Crippen MR) is 133 cm³/mol. The van der Waals surface area contributed by atoms with Crippen molar-refractivity contribution in [2.75, 3.05) is 19.6 Å². The lowest BCUT2D eigenvalue weighted by Crippen LogP contribution is -2.65. The fourth-order valence-corrected chi connectivity index (χ4v) is 5.23. The molecule has 0 spiro atoms. The highest BCUT2D eigenvalue weighted by atomic mass is 32.2. The number of unbranched alkanes of at least 4 members (excludes halogenated alkanes) is 1. The number of H-pyrrole nitrogens is 1. The molecule has 0 radical (unpaired) electrons. The van der Waals surface area contributed by atoms with Crippen LogP contribution in [0.2, 0.25) is 0 Å². The Labute approximate surface area is 207 Å². The molecule has 4 rings (SSSR count). The van der Waals surface area contributed by atoms with Crippen LogP contribution in [0.3, 0.4) is 0 Å². The molecule has 1 aliphatic rings. The van der Waals surface area contributed by atoms with Crippen LogP contribution >= 0.6 is 0 Å². The number of hydrogen-bond acceptors (Lipinski definition) is 8. The summed E-state index contributed by atoms with van der Waals surface area (Å²) in [5, 5.41) is 26.0. The van der Waals surface area contributed by atoms with Gasteiger partial charge >= 0.3 is 5.97 Å². The molecule has 12 nitrogen and oxygen atoms in total. The van der Waals surface area contributed by atoms with E-state index in [2.05, 4.69) is 35.9 Å². The molecule has 0 saturated heterocycles. The number of nitrogens with one attached hydrogen (secondary N) is 5. The second kappa shape index (κ2) is 10.7. The van der Waals surface area contributed by atoms with Crippen LogP contribution in [-0.4, -0.2) is 66.9 Å². The number of aliphatic carboxylic acids is 1. The van der Waals surface area contributed by atoms with Crippen LogP contribution in [0.5, 0.6) is 0 Å². The van der Waals surface area contributed by atoms with Crippen molar-refractivity contribution < 1.29 is 23.1 Å². The number of amides is 1. The highest BCUT2D eigenvalue weighted by Crippen LogP contribution is 2.21. The maximum atomic E-state index is 13.3. The molecule has 0 aliphatic carbocycles. The van der Waals surface area contributed by atoms with E-state index in [9.17, 15) is 23.1 Å². The SMILES string of the molecule is O=C(NC(CCCCNC1=NCCN1)(NS(=O)(=O)c1ccccc1)C(=O)O)c1cccc2[nH]ncc12. The predicted octanol–water partition coefficient (Wildman–Crippen LogP) is 0.771. The Hall–Kier alpha value is -3.97. The Morgan fingerprint density at radius 1 is 1.08 bits per heavy atom. The zero-order chi connectivity index (χ0) is 25.6. The number of guanidine groups is 1. The van der Waals surface area contributed by atoms with E-state index in [1.54, 1.807) is 18.2 Å². The van der Waals surface area contributed by atoms with Crippen LogP contribution in [0.4, 0.5) is 0 Å². The van der Waals surface area contributed by atoms with Crippen molar-refractivity contribution in [2.24, 2.45) is 4.99 Å². The average molecular weight is 514 g/mol. The minimum Gasteiger partial charge on any atom is -0.478 e. The third-order valence-corrected chi connectivity index (χ3v) is 7.24. The first-order valence-electron chi connectivity index (χ1n) is 11.4. The minimum absolute atomic E-state index is 0.117. The molecule has 1 aromatic heterocycles. The monoisotopic (exact) mass is 513 g/mol. The lowest BCUT2D eigenvalue weighted by Gasteiger charge is -2.31. The molecule has 0 saturated carbocycles. The molecule has 1 unspecified atom stereocenters. The summed E-state index contributed by atoms with van der Waals surface area (Å²) in [5.74, 6) is -1.60. The molecule has 1 aliphatic heterocycles. The summed E-state index contributed by atoms with van der Waals surface area (Å²) in [6.45, 7) is 1.93. The van der Waals surface area contributed by atoms with Gasteiger partial charge in [0.1, 0.15) is 0 Å². The van der Waals surface area contributed by atoms with Crippen molar-refractivity contribution in [3.63, 3.8) is 0 Å². The summed E-state index contributed by atoms with van der Waals surface area (Å²) in [4.78, 5) is 30.0. The number of aliphatic imine (C=N–C) groups is 1. The van der Waals surface area contributed by atoms with Crippen LogP contribution in [0.25, 0.3) is 10.9 Å². The van der Waals surface area contributed by atoms with Gasteiger partial charge in [-0.15, -0.1) is 0 Å². The lowest BCUT2D eigenvalue weighted by molar-refractivity contribution is -0.145. The second-order valence-corrected chi connectivity index (χ2v) is 9.94. The standard InChI is InChI=1S/C23H27N7O5S/c31-20(17-9-6-10-19-18(17)15-27-29-19)28-23(21(32)33,11-4-5-12-24-22-25-13-14-26-22)30-36(34,35)16-7-2-1-3-8-16/h1-3,6-10,15,30H,4-5,11-14H2,(H,27,29)(H,28,31)(H,32,33)(H2,24,25,26). The Morgan fingerprint density at radius 2 is 1.89 bits per heavy atom. The van der Waals surface area contributed by atoms with Gasteiger partial charge in [-0.25, -0.2) is 13.2 Å². The Kier molecular flexibility index (Phi) is 7.50. The smallest absolute Gasteiger partial charge is 0.345 e. The number of rotatable bonds is 11. The summed E-state index contributed by atoms with van der Waals surface area (Å²) in [6, 6.07) is 12.3. The van der Waals surface area contributed by atoms with E-state index < -0.39 is 27.6 Å². The number of carbonyl (C=O) groups is 2. The number of benzene rings is 2. The van der Waals surface area contributed by atoms with Crippen molar-refractivity contribution in [3.05, 3.63) is 60.3 Å². The molecule has 0 fully saturated rings. The molecule has 1 amide bonds. The molecule has 0 bridgehead atoms. The summed E-state index contributed by atoms with van der Waals surface area (Å²) in [6.07, 6.45) is 2.06. The number of hydrogen-bond donors (Lipinski definition) is 6. The van der Waals surface area contributed by atoms with Gasteiger partial charge in [-0.2, -0.15) is 9.82 Å². The number of sulfonamides is 1. The minimum atomic E-state index is -4.29. The second-order valence-electron chi connectivity index (χ2n) is 8.26. The molecule has 3 aromatic rings. The topological polar surface area (TPSA) is 178 Å². The first-order valence-corrected chi connectivity index (χ1v) is 12.9. The van der Waals surface area contributed by atoms with Gasteiger partial charge < -0.3 is 21.1 Å². The molecule has 13 heteroatoms. The molecule has 6 N–H and O–H groups in total. The van der Waals surface area contributed by atoms with Gasteiger partial charge in [0.25, 0.3) is 5.91 Å². The fraction of sp³-hybridized carbons (Fsp3) is 0.304. The molecule has 1 atom stereocenters. The largest absolute Gasteiger partial charge is 0.478 e. The summed E-state index contributed by atoms with van der Waals surface area (Å²) in [7, 11) is -4.29. The van der Waals surface area contributed by atoms with Gasteiger partial charge in [-0.05, 0) is 43.5 Å². The lowest BCUT2D eigenvalue weighted by atomic mass is 10.0. The number of nitrogens with zero attached hydrogens (tertiary/aromatic N) is 2. The van der Waals surface area contributed by atoms with Crippen molar-refractivity contribution in [1.82, 2.24) is 30.9 Å². The van der Waals surface area contributed by atoms with E-state index in [1.165, 1.54) is 36.5 Å². The molecule has 190 valence electrons. The highest BCUT2D eigenvalue weighted by Gasteiger charge is 2.44. The third kappa shape index (κ3) is 5.63. The molecular weight excluding hydrogens is 486 g/mol. The molecule has 36 heavy (non-hydrogen) atoms. The van der Waals surface area contributed by atoms with E-state index >= 15 is 0 Å². The molecule has 2 heterocycles. The Morgan fingerprint density at radius 3 is 2.61 bits per heavy atom. The van der Waals surface area contributed by atoms with Gasteiger partial charge in [0, 0.05) is 18.5 Å². The van der Waals surface area contributed by atoms with E-state index in [0.717, 1.165) is 6.54 Å². The normalized spacial score (nSPS) is 15.1. The van der Waals surface area contributed by atoms with Crippen molar-refractivity contribution >= 4 is 38.8 Å². The van der Waals surface area contributed by atoms with Gasteiger partial charge in [0.2, 0.25) is 15.7 Å². The average Bonchev–Trinajstić information content (AvgIpc) is 3.56. The summed E-state index contributed by atoms with van der Waals surface area (Å²) in [5.41, 5.74) is -1.54. The maximum Gasteiger partial charge on any atom is 0.345 e. The van der Waals surface area contributed by atoms with E-state index in [4.69, 9.17) is 0 Å². The number of aromatic nitrogens is 2. The van der Waals surface area contributed by atoms with Crippen LogP contribution < -0.4 is 20.7 Å². The first-order chi connectivity index (χ1) is 17.3. The van der Waals surface area contributed by atoms with Crippen LogP contribution in [0.1, 0.15) is 29.6 Å². The zero-order valence-electron chi connectivity index (χ0n) is 19.3. The van der Waals surface area contributed by atoms with Crippen LogP contribution in [0.15, 0.2) is 64.6 Å². The highest BCUT2D eigenvalue weighted by molar-refractivity contribution is 7.89. The van der Waals surface area contributed by atoms with Gasteiger partial charge in [-0.3, -0.25) is 14.9 Å². The zero-order valence-corrected chi connectivity index (χ0v) is 20.1. The summed E-state index contributed by atoms with van der Waals surface area (Å²) < 4.78 is 28.5. The van der Waals surface area contributed by atoms with Gasteiger partial charge in [0.05, 0.1) is 28.7 Å². The first kappa shape index (κ1) is 25.1. The van der Waals surface area contributed by atoms with Crippen molar-refractivity contribution in [3.8, 4) is 0 Å². The molecule has 2 aromatic carbocycles. The summed E-state index contributed by atoms with van der Waals surface area (Å²) >= 11 is 0. The van der Waals surface area contributed by atoms with E-state index in [1.807, 2.05) is 0 Å². The van der Waals surface area contributed by atoms with E-state index in [0.29, 0.717) is 42.8 Å². The maximum absolute atomic E-state index is 13.3. The van der Waals surface area contributed by atoms with Gasteiger partial charge in [0.15, 0.2) is 5.96 Å². The number of fused-ring (bicyclic) bond motifs is 1.